The van der Waals surface area contributed by atoms with Gasteiger partial charge in [0.15, 0.2) is 0 Å². The van der Waals surface area contributed by atoms with Gasteiger partial charge in [-0.2, -0.15) is 0 Å². The van der Waals surface area contributed by atoms with Crippen molar-refractivity contribution in [2.75, 3.05) is 25.2 Å². The first kappa shape index (κ1) is 21.1. The van der Waals surface area contributed by atoms with Crippen molar-refractivity contribution in [2.45, 2.75) is 25.8 Å². The van der Waals surface area contributed by atoms with Gasteiger partial charge in [-0.05, 0) is 43.3 Å². The number of carbonyl (C=O) groups excluding carboxylic acids is 1. The minimum Gasteiger partial charge on any atom is -0.495 e. The van der Waals surface area contributed by atoms with Gasteiger partial charge < -0.3 is 18.9 Å². The Morgan fingerprint density at radius 1 is 1.00 bits per heavy atom. The van der Waals surface area contributed by atoms with Crippen LogP contribution < -0.4 is 14.4 Å². The maximum atomic E-state index is 13.0. The lowest BCUT2D eigenvalue weighted by molar-refractivity contribution is -0.117. The number of benzene rings is 3. The number of anilines is 1. The molecule has 1 unspecified atom stereocenters. The minimum atomic E-state index is -0.00538. The van der Waals surface area contributed by atoms with Crippen molar-refractivity contribution in [2.24, 2.45) is 0 Å². The molecule has 6 heteroatoms. The minimum absolute atomic E-state index is 0.00538. The average Bonchev–Trinajstić information content (AvgIpc) is 3.41. The molecule has 33 heavy (non-hydrogen) atoms. The Bertz CT molecular complexity index is 1280. The molecule has 1 aromatic heterocycles. The van der Waals surface area contributed by atoms with Crippen LogP contribution in [-0.4, -0.2) is 35.7 Å². The molecule has 6 nitrogen and oxygen atoms in total. The molecule has 1 saturated heterocycles. The second kappa shape index (κ2) is 8.98. The van der Waals surface area contributed by atoms with E-state index in [-0.39, 0.29) is 11.8 Å². The van der Waals surface area contributed by atoms with Crippen molar-refractivity contribution in [3.63, 3.8) is 0 Å². The van der Waals surface area contributed by atoms with Gasteiger partial charge in [0.05, 0.1) is 30.4 Å². The molecule has 1 atom stereocenters. The maximum absolute atomic E-state index is 13.0. The third-order valence-electron chi connectivity index (χ3n) is 6.15. The molecule has 1 amide bonds. The van der Waals surface area contributed by atoms with Crippen molar-refractivity contribution in [1.82, 2.24) is 9.55 Å². The molecule has 4 aromatic rings. The standard InChI is InChI=1S/C27H27N3O3/c1-19-11-13-21(14-12-19)33-16-15-29-23-8-4-3-7-22(23)28-27(29)20-17-26(31)30(18-20)24-9-5-6-10-25(24)32-2/h3-14,20H,15-18H2,1-2H3. The second-order valence-electron chi connectivity index (χ2n) is 8.35. The first-order valence-corrected chi connectivity index (χ1v) is 11.2. The molecule has 168 valence electrons. The fourth-order valence-electron chi connectivity index (χ4n) is 4.50. The van der Waals surface area contributed by atoms with Gasteiger partial charge in [-0.25, -0.2) is 4.98 Å². The molecule has 1 aliphatic rings. The highest BCUT2D eigenvalue weighted by molar-refractivity contribution is 5.97. The molecule has 0 saturated carbocycles. The van der Waals surface area contributed by atoms with Crippen LogP contribution in [0.15, 0.2) is 72.8 Å². The fraction of sp³-hybridized carbons (Fsp3) is 0.259. The summed E-state index contributed by atoms with van der Waals surface area (Å²) in [5.41, 5.74) is 4.00. The molecule has 1 aliphatic heterocycles. The Labute approximate surface area is 193 Å². The molecule has 0 N–H and O–H groups in total. The number of methoxy groups -OCH3 is 1. The Kier molecular flexibility index (Phi) is 5.73. The summed E-state index contributed by atoms with van der Waals surface area (Å²) in [4.78, 5) is 19.7. The molecular formula is C27H27N3O3. The molecule has 0 bridgehead atoms. The van der Waals surface area contributed by atoms with E-state index in [1.54, 1.807) is 7.11 Å². The quantitative estimate of drug-likeness (QED) is 0.407. The van der Waals surface area contributed by atoms with E-state index >= 15 is 0 Å². The van der Waals surface area contributed by atoms with Crippen LogP contribution >= 0.6 is 0 Å². The highest BCUT2D eigenvalue weighted by atomic mass is 16.5. The van der Waals surface area contributed by atoms with E-state index in [9.17, 15) is 4.79 Å². The van der Waals surface area contributed by atoms with Crippen LogP contribution in [-0.2, 0) is 11.3 Å². The van der Waals surface area contributed by atoms with Crippen LogP contribution in [0.2, 0.25) is 0 Å². The first-order valence-electron chi connectivity index (χ1n) is 11.2. The smallest absolute Gasteiger partial charge is 0.227 e. The number of ether oxygens (including phenoxy) is 2. The summed E-state index contributed by atoms with van der Waals surface area (Å²) < 4.78 is 13.7. The Morgan fingerprint density at radius 2 is 1.76 bits per heavy atom. The number of imidazole rings is 1. The highest BCUT2D eigenvalue weighted by Crippen LogP contribution is 2.37. The van der Waals surface area contributed by atoms with E-state index in [2.05, 4.69) is 17.6 Å². The van der Waals surface area contributed by atoms with Crippen molar-refractivity contribution in [3.05, 3.63) is 84.2 Å². The first-order chi connectivity index (χ1) is 16.1. The molecule has 0 aliphatic carbocycles. The van der Waals surface area contributed by atoms with Gasteiger partial charge in [0.2, 0.25) is 5.91 Å². The highest BCUT2D eigenvalue weighted by Gasteiger charge is 2.35. The average molecular weight is 442 g/mol. The van der Waals surface area contributed by atoms with E-state index in [0.29, 0.717) is 31.9 Å². The monoisotopic (exact) mass is 441 g/mol. The number of amides is 1. The van der Waals surface area contributed by atoms with Crippen molar-refractivity contribution >= 4 is 22.6 Å². The molecule has 5 rings (SSSR count). The molecule has 0 spiro atoms. The summed E-state index contributed by atoms with van der Waals surface area (Å²) in [6.45, 7) is 3.81. The van der Waals surface area contributed by atoms with Crippen LogP contribution in [0, 0.1) is 6.92 Å². The van der Waals surface area contributed by atoms with Gasteiger partial charge >= 0.3 is 0 Å². The zero-order valence-corrected chi connectivity index (χ0v) is 18.9. The summed E-state index contributed by atoms with van der Waals surface area (Å²) in [5, 5.41) is 0. The van der Waals surface area contributed by atoms with E-state index in [4.69, 9.17) is 14.5 Å². The van der Waals surface area contributed by atoms with Gasteiger partial charge in [0.25, 0.3) is 0 Å². The molecule has 0 radical (unpaired) electrons. The number of rotatable bonds is 7. The summed E-state index contributed by atoms with van der Waals surface area (Å²) in [5.74, 6) is 2.55. The second-order valence-corrected chi connectivity index (χ2v) is 8.35. The molecule has 1 fully saturated rings. The van der Waals surface area contributed by atoms with E-state index in [0.717, 1.165) is 28.3 Å². The lowest BCUT2D eigenvalue weighted by Gasteiger charge is -2.20. The maximum Gasteiger partial charge on any atom is 0.227 e. The summed E-state index contributed by atoms with van der Waals surface area (Å²) in [6, 6.07) is 23.8. The van der Waals surface area contributed by atoms with E-state index in [1.807, 2.05) is 71.6 Å². The van der Waals surface area contributed by atoms with Gasteiger partial charge in [-0.3, -0.25) is 4.79 Å². The molecule has 2 heterocycles. The summed E-state index contributed by atoms with van der Waals surface area (Å²) in [6.07, 6.45) is 0.417. The normalized spacial score (nSPS) is 15.9. The summed E-state index contributed by atoms with van der Waals surface area (Å²) in [7, 11) is 1.63. The van der Waals surface area contributed by atoms with Gasteiger partial charge in [0, 0.05) is 18.9 Å². The number of hydrogen-bond acceptors (Lipinski definition) is 4. The van der Waals surface area contributed by atoms with E-state index in [1.165, 1.54) is 5.56 Å². The Hall–Kier alpha value is -3.80. The Balaban J connectivity index is 1.41. The number of carbonyl (C=O) groups is 1. The van der Waals surface area contributed by atoms with Crippen LogP contribution in [0.5, 0.6) is 11.5 Å². The number of aryl methyl sites for hydroxylation is 1. The van der Waals surface area contributed by atoms with Gasteiger partial charge in [-0.1, -0.05) is 42.0 Å². The van der Waals surface area contributed by atoms with Crippen LogP contribution in [0.3, 0.4) is 0 Å². The number of hydrogen-bond donors (Lipinski definition) is 0. The number of para-hydroxylation sites is 4. The largest absolute Gasteiger partial charge is 0.495 e. The van der Waals surface area contributed by atoms with Crippen molar-refractivity contribution in [1.29, 1.82) is 0 Å². The SMILES string of the molecule is COc1ccccc1N1CC(c2nc3ccccc3n2CCOc2ccc(C)cc2)CC1=O. The number of fused-ring (bicyclic) bond motifs is 1. The van der Waals surface area contributed by atoms with Gasteiger partial charge in [0.1, 0.15) is 23.9 Å². The third kappa shape index (κ3) is 4.16. The number of aromatic nitrogens is 2. The molecule has 3 aromatic carbocycles. The van der Waals surface area contributed by atoms with Crippen molar-refractivity contribution < 1.29 is 14.3 Å². The van der Waals surface area contributed by atoms with Crippen molar-refractivity contribution in [3.8, 4) is 11.5 Å². The fourth-order valence-corrected chi connectivity index (χ4v) is 4.50. The number of nitrogens with zero attached hydrogens (tertiary/aromatic N) is 3. The third-order valence-corrected chi connectivity index (χ3v) is 6.15. The summed E-state index contributed by atoms with van der Waals surface area (Å²) >= 11 is 0. The van der Waals surface area contributed by atoms with Crippen LogP contribution in [0.1, 0.15) is 23.7 Å². The predicted molar refractivity (Wildman–Crippen MR) is 129 cm³/mol. The zero-order chi connectivity index (χ0) is 22.8. The predicted octanol–water partition coefficient (Wildman–Crippen LogP) is 4.95. The lowest BCUT2D eigenvalue weighted by Crippen LogP contribution is -2.25. The van der Waals surface area contributed by atoms with Gasteiger partial charge in [-0.15, -0.1) is 0 Å². The van der Waals surface area contributed by atoms with E-state index < -0.39 is 0 Å². The zero-order valence-electron chi connectivity index (χ0n) is 18.9. The topological polar surface area (TPSA) is 56.6 Å². The van der Waals surface area contributed by atoms with Crippen LogP contribution in [0.4, 0.5) is 5.69 Å². The lowest BCUT2D eigenvalue weighted by atomic mass is 10.1. The Morgan fingerprint density at radius 3 is 2.58 bits per heavy atom. The molecular weight excluding hydrogens is 414 g/mol. The van der Waals surface area contributed by atoms with Crippen LogP contribution in [0.25, 0.3) is 11.0 Å².